The fourth-order valence-electron chi connectivity index (χ4n) is 3.10. The molecule has 0 aliphatic rings. The summed E-state index contributed by atoms with van der Waals surface area (Å²) >= 11 is 0. The number of halogens is 3. The summed E-state index contributed by atoms with van der Waals surface area (Å²) in [7, 11) is 0. The quantitative estimate of drug-likeness (QED) is 0.445. The third kappa shape index (κ3) is 4.90. The second-order valence-corrected chi connectivity index (χ2v) is 6.69. The van der Waals surface area contributed by atoms with Gasteiger partial charge in [0.15, 0.2) is 5.69 Å². The van der Waals surface area contributed by atoms with Crippen molar-refractivity contribution < 1.29 is 17.9 Å². The number of alkyl halides is 2. The van der Waals surface area contributed by atoms with E-state index in [1.807, 2.05) is 0 Å². The average Bonchev–Trinajstić information content (AvgIpc) is 2.80. The molecule has 2 N–H and O–H groups in total. The number of allylic oxidation sites excluding steroid dienone is 1. The molecule has 0 saturated carbocycles. The third-order valence-corrected chi connectivity index (χ3v) is 4.55. The van der Waals surface area contributed by atoms with Crippen molar-refractivity contribution >= 4 is 22.3 Å². The molecule has 0 unspecified atom stereocenters. The van der Waals surface area contributed by atoms with Gasteiger partial charge in [0.1, 0.15) is 11.6 Å². The molecule has 0 atom stereocenters. The molecule has 0 radical (unpaired) electrons. The maximum absolute atomic E-state index is 13.8. The lowest BCUT2D eigenvalue weighted by molar-refractivity contribution is -0.0498. The topological polar surface area (TPSA) is 95.4 Å². The first-order valence-corrected chi connectivity index (χ1v) is 9.61. The minimum absolute atomic E-state index is 0.0138. The Morgan fingerprint density at radius 2 is 1.91 bits per heavy atom. The van der Waals surface area contributed by atoms with Crippen LogP contribution in [0.4, 0.5) is 18.9 Å². The van der Waals surface area contributed by atoms with E-state index in [2.05, 4.69) is 19.8 Å². The number of aliphatic imine (C=N–C) groups is 1. The Morgan fingerprint density at radius 1 is 1.12 bits per heavy atom. The first-order chi connectivity index (χ1) is 15.9. The van der Waals surface area contributed by atoms with Crippen molar-refractivity contribution in [1.82, 2.24) is 14.8 Å². The van der Waals surface area contributed by atoms with Crippen LogP contribution in [-0.2, 0) is 0 Å². The number of hydrogen-bond acceptors (Lipinski definition) is 6. The second kappa shape index (κ2) is 9.35. The summed E-state index contributed by atoms with van der Waals surface area (Å²) in [5, 5.41) is 4.78. The van der Waals surface area contributed by atoms with Gasteiger partial charge in [-0.05, 0) is 60.8 Å². The lowest BCUT2D eigenvalue weighted by Crippen LogP contribution is -2.20. The smallest absolute Gasteiger partial charge is 0.387 e. The van der Waals surface area contributed by atoms with Crippen molar-refractivity contribution in [3.63, 3.8) is 0 Å². The van der Waals surface area contributed by atoms with Gasteiger partial charge >= 0.3 is 6.61 Å². The number of aromatic nitrogens is 3. The van der Waals surface area contributed by atoms with Crippen LogP contribution < -0.4 is 15.9 Å². The van der Waals surface area contributed by atoms with Gasteiger partial charge in [0.05, 0.1) is 22.6 Å². The van der Waals surface area contributed by atoms with Crippen LogP contribution in [0, 0.1) is 5.82 Å². The Morgan fingerprint density at radius 3 is 2.64 bits per heavy atom. The van der Waals surface area contributed by atoms with Gasteiger partial charge in [-0.1, -0.05) is 0 Å². The normalized spacial score (nSPS) is 12.1. The van der Waals surface area contributed by atoms with E-state index in [4.69, 9.17) is 5.73 Å². The van der Waals surface area contributed by atoms with E-state index in [0.29, 0.717) is 22.3 Å². The first kappa shape index (κ1) is 21.8. The van der Waals surface area contributed by atoms with Gasteiger partial charge in [-0.2, -0.15) is 13.9 Å². The minimum atomic E-state index is -2.94. The van der Waals surface area contributed by atoms with Gasteiger partial charge in [-0.15, -0.1) is 0 Å². The van der Waals surface area contributed by atoms with Gasteiger partial charge < -0.3 is 10.5 Å². The van der Waals surface area contributed by atoms with Crippen LogP contribution in [0.3, 0.4) is 0 Å². The molecule has 166 valence electrons. The fraction of sp³-hybridized carbons (Fsp3) is 0.0435. The van der Waals surface area contributed by atoms with E-state index in [1.54, 1.807) is 6.07 Å². The predicted octanol–water partition coefficient (Wildman–Crippen LogP) is 4.11. The molecule has 4 aromatic rings. The molecule has 2 heterocycles. The number of nitrogens with zero attached hydrogens (tertiary/aromatic N) is 4. The van der Waals surface area contributed by atoms with E-state index < -0.39 is 17.9 Å². The van der Waals surface area contributed by atoms with Gasteiger partial charge in [0.25, 0.3) is 0 Å². The lowest BCUT2D eigenvalue weighted by Gasteiger charge is -2.10. The Bertz CT molecular complexity index is 1420. The zero-order valence-corrected chi connectivity index (χ0v) is 16.9. The zero-order chi connectivity index (χ0) is 23.4. The van der Waals surface area contributed by atoms with Crippen molar-refractivity contribution in [2.75, 3.05) is 0 Å². The van der Waals surface area contributed by atoms with E-state index >= 15 is 0 Å². The molecule has 0 spiro atoms. The average molecular weight is 451 g/mol. The number of ether oxygens (including phenoxy) is 1. The van der Waals surface area contributed by atoms with Crippen LogP contribution >= 0.6 is 0 Å². The molecule has 0 amide bonds. The predicted molar refractivity (Wildman–Crippen MR) is 118 cm³/mol. The van der Waals surface area contributed by atoms with Crippen LogP contribution in [0.15, 0.2) is 89.1 Å². The summed E-state index contributed by atoms with van der Waals surface area (Å²) in [5.41, 5.74) is 6.66. The molecule has 4 rings (SSSR count). The molecule has 0 aliphatic heterocycles. The molecule has 10 heteroatoms. The van der Waals surface area contributed by atoms with Crippen molar-refractivity contribution in [2.45, 2.75) is 6.61 Å². The van der Waals surface area contributed by atoms with E-state index in [9.17, 15) is 18.0 Å². The number of fused-ring (bicyclic) bond motifs is 1. The van der Waals surface area contributed by atoms with Crippen LogP contribution in [0.25, 0.3) is 16.6 Å². The number of hydrogen-bond donors (Lipinski definition) is 1. The number of rotatable bonds is 6. The number of benzene rings is 2. The molecule has 33 heavy (non-hydrogen) atoms. The largest absolute Gasteiger partial charge is 0.435 e. The molecular weight excluding hydrogens is 435 g/mol. The maximum Gasteiger partial charge on any atom is 0.387 e. The Labute approximate surface area is 185 Å². The van der Waals surface area contributed by atoms with E-state index in [0.717, 1.165) is 0 Å². The standard InChI is InChI=1S/C23H16F3N5O2/c24-14-1-6-18-17(13-14)19(8-11-28-18)29-20(7-10-27)22-21(32)9-12-31(30-22)15-2-4-16(5-3-15)33-23(25)26/h1-13,23H,27H2. The summed E-state index contributed by atoms with van der Waals surface area (Å²) in [5.74, 6) is -0.470. The molecule has 7 nitrogen and oxygen atoms in total. The van der Waals surface area contributed by atoms with Gasteiger partial charge in [0.2, 0.25) is 5.43 Å². The minimum Gasteiger partial charge on any atom is -0.435 e. The van der Waals surface area contributed by atoms with Crippen LogP contribution in [0.1, 0.15) is 5.69 Å². The summed E-state index contributed by atoms with van der Waals surface area (Å²) in [6.45, 7) is -2.94. The Kier molecular flexibility index (Phi) is 6.16. The van der Waals surface area contributed by atoms with Crippen molar-refractivity contribution in [1.29, 1.82) is 0 Å². The lowest BCUT2D eigenvalue weighted by atomic mass is 10.1. The van der Waals surface area contributed by atoms with E-state index in [1.165, 1.54) is 77.9 Å². The summed E-state index contributed by atoms with van der Waals surface area (Å²) in [6.07, 6.45) is 5.55. The van der Waals surface area contributed by atoms with Crippen LogP contribution in [0.2, 0.25) is 0 Å². The highest BCUT2D eigenvalue weighted by Gasteiger charge is 2.12. The maximum atomic E-state index is 13.8. The molecule has 0 aliphatic carbocycles. The highest BCUT2D eigenvalue weighted by Crippen LogP contribution is 2.26. The summed E-state index contributed by atoms with van der Waals surface area (Å²) in [6, 6.07) is 12.7. The zero-order valence-electron chi connectivity index (χ0n) is 16.9. The van der Waals surface area contributed by atoms with Crippen LogP contribution in [-0.4, -0.2) is 27.1 Å². The molecule has 0 bridgehead atoms. The third-order valence-electron chi connectivity index (χ3n) is 4.55. The summed E-state index contributed by atoms with van der Waals surface area (Å²) < 4.78 is 44.3. The Hall–Kier alpha value is -4.47. The van der Waals surface area contributed by atoms with Gasteiger partial charge in [-0.25, -0.2) is 14.1 Å². The van der Waals surface area contributed by atoms with Crippen molar-refractivity contribution in [2.24, 2.45) is 10.7 Å². The highest BCUT2D eigenvalue weighted by atomic mass is 19.3. The fourth-order valence-corrected chi connectivity index (χ4v) is 3.10. The van der Waals surface area contributed by atoms with Crippen molar-refractivity contribution in [3.8, 4) is 11.4 Å². The summed E-state index contributed by atoms with van der Waals surface area (Å²) in [4.78, 5) is 21.3. The van der Waals surface area contributed by atoms with Crippen molar-refractivity contribution in [3.05, 3.63) is 101 Å². The highest BCUT2D eigenvalue weighted by molar-refractivity contribution is 6.09. The molecule has 2 aromatic heterocycles. The second-order valence-electron chi connectivity index (χ2n) is 6.69. The SMILES string of the molecule is NC=CC(=Nc1ccnc2ccc(F)cc12)c1nn(-c2ccc(OC(F)F)cc2)ccc1=O. The number of nitrogens with two attached hydrogens (primary N) is 1. The number of pyridine rings is 1. The first-order valence-electron chi connectivity index (χ1n) is 9.61. The molecule has 0 saturated heterocycles. The molecular formula is C23H16F3N5O2. The Balaban J connectivity index is 1.79. The van der Waals surface area contributed by atoms with Gasteiger partial charge in [-0.3, -0.25) is 9.78 Å². The molecule has 0 fully saturated rings. The van der Waals surface area contributed by atoms with Gasteiger partial charge in [0, 0.05) is 23.8 Å². The van der Waals surface area contributed by atoms with Crippen LogP contribution in [0.5, 0.6) is 5.75 Å². The molecule has 2 aromatic carbocycles. The monoisotopic (exact) mass is 451 g/mol. The van der Waals surface area contributed by atoms with E-state index in [-0.39, 0.29) is 17.2 Å².